The van der Waals surface area contributed by atoms with Crippen molar-refractivity contribution >= 4 is 11.4 Å². The second-order valence-corrected chi connectivity index (χ2v) is 4.72. The van der Waals surface area contributed by atoms with Crippen molar-refractivity contribution in [2.75, 3.05) is 24.2 Å². The summed E-state index contributed by atoms with van der Waals surface area (Å²) in [4.78, 5) is 2.18. The summed E-state index contributed by atoms with van der Waals surface area (Å²) in [6, 6.07) is 11.6. The molecule has 1 heterocycles. The van der Waals surface area contributed by atoms with Crippen molar-refractivity contribution in [3.05, 3.63) is 42.0 Å². The second kappa shape index (κ2) is 3.95. The molecule has 18 heavy (non-hydrogen) atoms. The van der Waals surface area contributed by atoms with Crippen molar-refractivity contribution in [1.82, 2.24) is 0 Å². The molecule has 0 atom stereocenters. The molecule has 0 radical (unpaired) electrons. The number of anilines is 2. The lowest BCUT2D eigenvalue weighted by atomic mass is 9.98. The molecular weight excluding hydrogens is 224 g/mol. The highest BCUT2D eigenvalue weighted by atomic mass is 16.3. The molecule has 0 aromatic heterocycles. The maximum Gasteiger partial charge on any atom is 0.120 e. The lowest BCUT2D eigenvalue weighted by Gasteiger charge is -2.18. The molecule has 0 saturated heterocycles. The minimum absolute atomic E-state index is 0.382. The Bertz CT molecular complexity index is 607. The van der Waals surface area contributed by atoms with Crippen molar-refractivity contribution < 1.29 is 5.11 Å². The van der Waals surface area contributed by atoms with Crippen LogP contribution in [0, 0.1) is 0 Å². The second-order valence-electron chi connectivity index (χ2n) is 4.72. The van der Waals surface area contributed by atoms with Crippen LogP contribution in [0.15, 0.2) is 36.4 Å². The van der Waals surface area contributed by atoms with Crippen molar-refractivity contribution in [3.63, 3.8) is 0 Å². The number of para-hydroxylation sites is 1. The molecule has 2 aromatic carbocycles. The van der Waals surface area contributed by atoms with Crippen LogP contribution in [0.25, 0.3) is 11.1 Å². The van der Waals surface area contributed by atoms with Gasteiger partial charge in [-0.05, 0) is 24.6 Å². The third-order valence-corrected chi connectivity index (χ3v) is 3.59. The molecule has 0 bridgehead atoms. The van der Waals surface area contributed by atoms with E-state index in [2.05, 4.69) is 4.90 Å². The molecule has 0 fully saturated rings. The summed E-state index contributed by atoms with van der Waals surface area (Å²) in [5, 5.41) is 9.93. The van der Waals surface area contributed by atoms with Gasteiger partial charge in [-0.25, -0.2) is 0 Å². The molecule has 3 rings (SSSR count). The molecule has 0 amide bonds. The van der Waals surface area contributed by atoms with Gasteiger partial charge in [-0.3, -0.25) is 0 Å². The quantitative estimate of drug-likeness (QED) is 0.753. The molecule has 2 aromatic rings. The van der Waals surface area contributed by atoms with Crippen LogP contribution in [0.4, 0.5) is 11.4 Å². The van der Waals surface area contributed by atoms with Gasteiger partial charge in [0, 0.05) is 36.0 Å². The normalized spacial score (nSPS) is 13.7. The Morgan fingerprint density at radius 3 is 2.67 bits per heavy atom. The number of likely N-dealkylation sites (N-methyl/N-ethyl adjacent to an activating group) is 1. The van der Waals surface area contributed by atoms with Crippen LogP contribution in [0.2, 0.25) is 0 Å². The van der Waals surface area contributed by atoms with Gasteiger partial charge in [-0.2, -0.15) is 0 Å². The smallest absolute Gasteiger partial charge is 0.120 e. The van der Waals surface area contributed by atoms with Crippen LogP contribution >= 0.6 is 0 Å². The number of phenolic OH excluding ortho intramolecular Hbond substituents is 1. The Morgan fingerprint density at radius 2 is 1.89 bits per heavy atom. The van der Waals surface area contributed by atoms with E-state index in [1.54, 1.807) is 6.07 Å². The number of fused-ring (bicyclic) bond motifs is 1. The lowest BCUT2D eigenvalue weighted by Crippen LogP contribution is -2.13. The number of hydrogen-bond donors (Lipinski definition) is 2. The largest absolute Gasteiger partial charge is 0.508 e. The number of hydrogen-bond acceptors (Lipinski definition) is 3. The van der Waals surface area contributed by atoms with Crippen molar-refractivity contribution in [1.29, 1.82) is 0 Å². The molecule has 0 aliphatic carbocycles. The van der Waals surface area contributed by atoms with Crippen molar-refractivity contribution in [3.8, 4) is 16.9 Å². The van der Waals surface area contributed by atoms with Crippen LogP contribution in [-0.2, 0) is 6.42 Å². The molecule has 1 aliphatic rings. The number of nitrogens with zero attached hydrogens (tertiary/aromatic N) is 1. The average molecular weight is 240 g/mol. The number of benzene rings is 2. The Balaban J connectivity index is 2.26. The topological polar surface area (TPSA) is 49.5 Å². The van der Waals surface area contributed by atoms with Crippen LogP contribution in [0.5, 0.6) is 5.75 Å². The van der Waals surface area contributed by atoms with E-state index in [9.17, 15) is 5.11 Å². The lowest BCUT2D eigenvalue weighted by molar-refractivity contribution is 0.470. The van der Waals surface area contributed by atoms with Gasteiger partial charge >= 0.3 is 0 Å². The summed E-state index contributed by atoms with van der Waals surface area (Å²) >= 11 is 0. The van der Waals surface area contributed by atoms with E-state index >= 15 is 0 Å². The summed E-state index contributed by atoms with van der Waals surface area (Å²) in [5.74, 6) is 0.382. The van der Waals surface area contributed by atoms with Crippen LogP contribution in [0.3, 0.4) is 0 Å². The fraction of sp³-hybridized carbons (Fsp3) is 0.200. The van der Waals surface area contributed by atoms with Gasteiger partial charge in [0.15, 0.2) is 0 Å². The van der Waals surface area contributed by atoms with Gasteiger partial charge in [0.25, 0.3) is 0 Å². The number of nitrogen functional groups attached to an aromatic ring is 1. The van der Waals surface area contributed by atoms with E-state index in [-0.39, 0.29) is 0 Å². The molecule has 3 nitrogen and oxygen atoms in total. The zero-order chi connectivity index (χ0) is 12.7. The standard InChI is InChI=1S/C15H16N2O/c1-17-9-8-12-14(18)7-6-11(15(12)17)10-4-2-3-5-13(10)16/h2-7,18H,8-9,16H2,1H3. The van der Waals surface area contributed by atoms with E-state index in [4.69, 9.17) is 5.73 Å². The number of rotatable bonds is 1. The Hall–Kier alpha value is -2.16. The first-order valence-electron chi connectivity index (χ1n) is 6.09. The van der Waals surface area contributed by atoms with E-state index in [0.717, 1.165) is 41.0 Å². The zero-order valence-electron chi connectivity index (χ0n) is 10.4. The molecule has 0 spiro atoms. The number of phenols is 1. The van der Waals surface area contributed by atoms with E-state index in [0.29, 0.717) is 5.75 Å². The van der Waals surface area contributed by atoms with E-state index in [1.807, 2.05) is 37.4 Å². The first-order chi connectivity index (χ1) is 8.68. The van der Waals surface area contributed by atoms with Crippen LogP contribution in [-0.4, -0.2) is 18.7 Å². The highest BCUT2D eigenvalue weighted by molar-refractivity contribution is 5.89. The Kier molecular flexibility index (Phi) is 2.40. The minimum Gasteiger partial charge on any atom is -0.508 e. The summed E-state index contributed by atoms with van der Waals surface area (Å²) in [6.07, 6.45) is 0.887. The predicted octanol–water partition coefficient (Wildman–Crippen LogP) is 2.63. The number of aromatic hydroxyl groups is 1. The highest BCUT2D eigenvalue weighted by Gasteiger charge is 2.23. The third-order valence-electron chi connectivity index (χ3n) is 3.59. The molecule has 3 heteroatoms. The van der Waals surface area contributed by atoms with Crippen molar-refractivity contribution in [2.24, 2.45) is 0 Å². The number of nitrogens with two attached hydrogens (primary N) is 1. The highest BCUT2D eigenvalue weighted by Crippen LogP contribution is 2.43. The SMILES string of the molecule is CN1CCc2c(O)ccc(-c3ccccc3N)c21. The molecule has 1 aliphatic heterocycles. The summed E-state index contributed by atoms with van der Waals surface area (Å²) < 4.78 is 0. The predicted molar refractivity (Wildman–Crippen MR) is 74.9 cm³/mol. The fourth-order valence-electron chi connectivity index (χ4n) is 2.66. The maximum atomic E-state index is 9.93. The van der Waals surface area contributed by atoms with Gasteiger partial charge in [-0.1, -0.05) is 18.2 Å². The summed E-state index contributed by atoms with van der Waals surface area (Å²) in [7, 11) is 2.05. The monoisotopic (exact) mass is 240 g/mol. The van der Waals surface area contributed by atoms with Gasteiger partial charge < -0.3 is 15.7 Å². The average Bonchev–Trinajstić information content (AvgIpc) is 2.75. The van der Waals surface area contributed by atoms with E-state index in [1.165, 1.54) is 0 Å². The van der Waals surface area contributed by atoms with Gasteiger partial charge in [0.05, 0.1) is 5.69 Å². The zero-order valence-corrected chi connectivity index (χ0v) is 10.4. The summed E-state index contributed by atoms with van der Waals surface area (Å²) in [5.41, 5.74) is 11.1. The van der Waals surface area contributed by atoms with Crippen LogP contribution < -0.4 is 10.6 Å². The van der Waals surface area contributed by atoms with Gasteiger partial charge in [0.2, 0.25) is 0 Å². The molecule has 3 N–H and O–H groups in total. The first kappa shape index (κ1) is 11.0. The van der Waals surface area contributed by atoms with E-state index < -0.39 is 0 Å². The third kappa shape index (κ3) is 1.51. The van der Waals surface area contributed by atoms with Crippen molar-refractivity contribution in [2.45, 2.75) is 6.42 Å². The molecule has 92 valence electrons. The Labute approximate surface area is 106 Å². The van der Waals surface area contributed by atoms with Crippen LogP contribution in [0.1, 0.15) is 5.56 Å². The first-order valence-corrected chi connectivity index (χ1v) is 6.09. The maximum absolute atomic E-state index is 9.93. The minimum atomic E-state index is 0.382. The fourth-order valence-corrected chi connectivity index (χ4v) is 2.66. The van der Waals surface area contributed by atoms with Gasteiger partial charge in [-0.15, -0.1) is 0 Å². The van der Waals surface area contributed by atoms with Gasteiger partial charge in [0.1, 0.15) is 5.75 Å². The molecular formula is C15H16N2O. The Morgan fingerprint density at radius 1 is 1.11 bits per heavy atom. The summed E-state index contributed by atoms with van der Waals surface area (Å²) in [6.45, 7) is 0.937. The molecule has 0 saturated carbocycles. The molecule has 0 unspecified atom stereocenters.